The van der Waals surface area contributed by atoms with Crippen LogP contribution < -0.4 is 26.4 Å². The number of pyridine rings is 1. The molecule has 3 heterocycles. The molecule has 0 bridgehead atoms. The van der Waals surface area contributed by atoms with Gasteiger partial charge in [0, 0.05) is 29.2 Å². The number of ether oxygens (including phenoxy) is 2. The van der Waals surface area contributed by atoms with Gasteiger partial charge in [0.1, 0.15) is 17.6 Å². The van der Waals surface area contributed by atoms with E-state index in [-0.39, 0.29) is 29.2 Å². The van der Waals surface area contributed by atoms with Gasteiger partial charge in [0.25, 0.3) is 5.91 Å². The van der Waals surface area contributed by atoms with Gasteiger partial charge in [0.15, 0.2) is 23.5 Å². The van der Waals surface area contributed by atoms with Crippen LogP contribution in [0.25, 0.3) is 0 Å². The highest BCUT2D eigenvalue weighted by molar-refractivity contribution is 5.96. The number of aldehydes is 1. The fourth-order valence-electron chi connectivity index (χ4n) is 4.70. The third-order valence-electron chi connectivity index (χ3n) is 6.97. The van der Waals surface area contributed by atoms with Crippen LogP contribution in [0.5, 0.6) is 5.75 Å². The van der Waals surface area contributed by atoms with Gasteiger partial charge in [0.05, 0.1) is 7.11 Å². The molecular formula is C27H34F5N5O5. The molecule has 4 rings (SSSR count). The van der Waals surface area contributed by atoms with Crippen LogP contribution >= 0.6 is 0 Å². The van der Waals surface area contributed by atoms with Crippen molar-refractivity contribution in [3.63, 3.8) is 0 Å². The molecule has 2 aromatic rings. The summed E-state index contributed by atoms with van der Waals surface area (Å²) in [5, 5.41) is 7.75. The van der Waals surface area contributed by atoms with Crippen molar-refractivity contribution in [2.45, 2.75) is 50.5 Å². The van der Waals surface area contributed by atoms with Crippen LogP contribution in [0.3, 0.4) is 0 Å². The number of hydrogen-bond acceptors (Lipinski definition) is 8. The molecule has 1 aromatic carbocycles. The molecule has 15 heteroatoms. The average Bonchev–Trinajstić information content (AvgIpc) is 3.63. The number of nitrogens with zero attached hydrogens (tertiary/aromatic N) is 1. The van der Waals surface area contributed by atoms with Crippen LogP contribution in [-0.2, 0) is 14.3 Å². The Morgan fingerprint density at radius 1 is 1.19 bits per heavy atom. The molecule has 2 aliphatic heterocycles. The van der Waals surface area contributed by atoms with Crippen molar-refractivity contribution in [2.24, 2.45) is 11.7 Å². The van der Waals surface area contributed by atoms with Crippen molar-refractivity contribution in [3.8, 4) is 5.75 Å². The maximum Gasteiger partial charge on any atom is 0.417 e. The predicted octanol–water partition coefficient (Wildman–Crippen LogP) is 3.77. The second kappa shape index (κ2) is 15.0. The minimum atomic E-state index is -4.92. The normalized spacial score (nSPS) is 23.0. The molecule has 0 aliphatic carbocycles. The first-order valence-corrected chi connectivity index (χ1v) is 12.9. The van der Waals surface area contributed by atoms with Gasteiger partial charge in [0.2, 0.25) is 12.2 Å². The fraction of sp³-hybridized carbons (Fsp3) is 0.481. The largest absolute Gasteiger partial charge is 0.493 e. The molecule has 0 radical (unpaired) electrons. The van der Waals surface area contributed by atoms with Crippen LogP contribution in [0, 0.1) is 17.6 Å². The lowest BCUT2D eigenvalue weighted by molar-refractivity contribution is -0.272. The summed E-state index contributed by atoms with van der Waals surface area (Å²) in [7, 11) is 2.51. The Morgan fingerprint density at radius 2 is 1.83 bits per heavy atom. The Hall–Kier alpha value is -3.69. The van der Waals surface area contributed by atoms with E-state index >= 15 is 0 Å². The number of halogens is 5. The number of aromatic nitrogens is 1. The van der Waals surface area contributed by atoms with Gasteiger partial charge in [-0.05, 0) is 52.0 Å². The molecule has 2 unspecified atom stereocenters. The summed E-state index contributed by atoms with van der Waals surface area (Å²) in [5.41, 5.74) is 1.21. The van der Waals surface area contributed by atoms with E-state index in [1.54, 1.807) is 0 Å². The highest BCUT2D eigenvalue weighted by atomic mass is 19.4. The Bertz CT molecular complexity index is 1240. The van der Waals surface area contributed by atoms with Crippen LogP contribution in [0.1, 0.15) is 48.7 Å². The molecule has 10 nitrogen and oxygen atoms in total. The lowest BCUT2D eigenvalue weighted by Crippen LogP contribution is -2.47. The summed E-state index contributed by atoms with van der Waals surface area (Å²) in [6, 6.07) is 4.03. The average molecular weight is 604 g/mol. The van der Waals surface area contributed by atoms with Crippen molar-refractivity contribution in [3.05, 3.63) is 47.2 Å². The molecule has 0 spiro atoms. The number of nitrogens with two attached hydrogens (primary N) is 1. The molecule has 4 atom stereocenters. The Morgan fingerprint density at radius 3 is 2.33 bits per heavy atom. The zero-order chi connectivity index (χ0) is 31.7. The van der Waals surface area contributed by atoms with Crippen LogP contribution in [-0.4, -0.2) is 68.7 Å². The fourth-order valence-corrected chi connectivity index (χ4v) is 4.70. The lowest BCUT2D eigenvalue weighted by atomic mass is 9.77. The number of anilines is 2. The van der Waals surface area contributed by atoms with E-state index in [4.69, 9.17) is 9.47 Å². The van der Waals surface area contributed by atoms with E-state index in [2.05, 4.69) is 26.7 Å². The van der Waals surface area contributed by atoms with Gasteiger partial charge in [-0.15, -0.1) is 0 Å². The number of nitrogens with one attached hydrogen (secondary N) is 3. The summed E-state index contributed by atoms with van der Waals surface area (Å²) in [4.78, 5) is 38.8. The van der Waals surface area contributed by atoms with Gasteiger partial charge in [-0.25, -0.2) is 9.37 Å². The molecule has 2 saturated heterocycles. The molecule has 2 amide bonds. The predicted molar refractivity (Wildman–Crippen MR) is 144 cm³/mol. The van der Waals surface area contributed by atoms with E-state index in [9.17, 15) is 36.3 Å². The molecule has 0 saturated carbocycles. The Balaban J connectivity index is 0.000000781. The third kappa shape index (κ3) is 7.57. The van der Waals surface area contributed by atoms with Gasteiger partial charge >= 0.3 is 6.18 Å². The molecule has 42 heavy (non-hydrogen) atoms. The van der Waals surface area contributed by atoms with Crippen molar-refractivity contribution in [1.82, 2.24) is 10.3 Å². The number of benzene rings is 1. The Kier molecular flexibility index (Phi) is 12.3. The first kappa shape index (κ1) is 34.5. The third-order valence-corrected chi connectivity index (χ3v) is 6.97. The summed E-state index contributed by atoms with van der Waals surface area (Å²) in [6.45, 7) is 4.43. The standard InChI is InChI=1S/C22H20F5N3O5.C4H9N.CH5N/c1-10-16(13-4-5-14(23)17(24)18(13)34-3)19(35-21(10,2)22(25,26)27)20(33)30-11-6-12(8-31)29-15(7-11)28-9-32;1-2-4-5-3-1;1-2/h4-10,16,19H,1-3H3,(H2,28,29,30,32,33);5H,1-4H2;2H2,1H3/t10?,16?,19-,21-;;/m1../s1. The second-order valence-corrected chi connectivity index (χ2v) is 9.43. The van der Waals surface area contributed by atoms with Gasteiger partial charge in [-0.1, -0.05) is 13.0 Å². The highest BCUT2D eigenvalue weighted by Gasteiger charge is 2.65. The first-order valence-electron chi connectivity index (χ1n) is 12.9. The monoisotopic (exact) mass is 603 g/mol. The number of carbonyl (C=O) groups excluding carboxylic acids is 3. The summed E-state index contributed by atoms with van der Waals surface area (Å²) >= 11 is 0. The maximum atomic E-state index is 14.4. The topological polar surface area (TPSA) is 145 Å². The zero-order valence-corrected chi connectivity index (χ0v) is 23.5. The maximum absolute atomic E-state index is 14.4. The van der Waals surface area contributed by atoms with Crippen LogP contribution in [0.15, 0.2) is 24.3 Å². The smallest absolute Gasteiger partial charge is 0.417 e. The summed E-state index contributed by atoms with van der Waals surface area (Å²) in [5.74, 6) is -7.39. The van der Waals surface area contributed by atoms with Crippen molar-refractivity contribution >= 4 is 30.1 Å². The van der Waals surface area contributed by atoms with E-state index in [0.29, 0.717) is 12.4 Å². The molecule has 5 N–H and O–H groups in total. The molecule has 2 fully saturated rings. The number of amides is 2. The molecule has 232 valence electrons. The molecule has 2 aliphatic rings. The van der Waals surface area contributed by atoms with Gasteiger partial charge < -0.3 is 31.2 Å². The summed E-state index contributed by atoms with van der Waals surface area (Å²) in [6.07, 6.45) is -3.38. The highest BCUT2D eigenvalue weighted by Crippen LogP contribution is 2.55. The number of methoxy groups -OCH3 is 1. The number of alkyl halides is 3. The number of rotatable bonds is 7. The van der Waals surface area contributed by atoms with Crippen LogP contribution in [0.2, 0.25) is 0 Å². The van der Waals surface area contributed by atoms with Gasteiger partial charge in [-0.2, -0.15) is 17.6 Å². The van der Waals surface area contributed by atoms with Gasteiger partial charge in [-0.3, -0.25) is 14.4 Å². The zero-order valence-electron chi connectivity index (χ0n) is 23.5. The number of carbonyl (C=O) groups is 3. The quantitative estimate of drug-likeness (QED) is 0.277. The molecule has 1 aromatic heterocycles. The van der Waals surface area contributed by atoms with E-state index in [1.165, 1.54) is 39.9 Å². The second-order valence-electron chi connectivity index (χ2n) is 9.43. The minimum Gasteiger partial charge on any atom is -0.493 e. The van der Waals surface area contributed by atoms with Crippen molar-refractivity contribution in [2.75, 3.05) is 37.9 Å². The van der Waals surface area contributed by atoms with Crippen molar-refractivity contribution in [1.29, 1.82) is 0 Å². The summed E-state index contributed by atoms with van der Waals surface area (Å²) < 4.78 is 80.4. The van der Waals surface area contributed by atoms with E-state index < -0.39 is 53.0 Å². The van der Waals surface area contributed by atoms with Crippen molar-refractivity contribution < 1.29 is 45.8 Å². The minimum absolute atomic E-state index is 0.0793. The Labute approximate surface area is 239 Å². The first-order chi connectivity index (χ1) is 19.9. The molecular weight excluding hydrogens is 569 g/mol. The van der Waals surface area contributed by atoms with E-state index in [1.807, 2.05) is 0 Å². The SMILES string of the molecule is C1CCNC1.CN.COc1c(C2C(C)[C@](C)(C(F)(F)F)O[C@H]2C(=O)Nc2cc(C=O)nc(NC=O)c2)ccc(F)c1F. The lowest BCUT2D eigenvalue weighted by Gasteiger charge is -2.32. The van der Waals surface area contributed by atoms with Crippen LogP contribution in [0.4, 0.5) is 33.5 Å². The number of hydrogen-bond donors (Lipinski definition) is 4. The van der Waals surface area contributed by atoms with E-state index in [0.717, 1.165) is 32.2 Å².